The molecule has 0 aliphatic carbocycles. The number of allylic oxidation sites excluding steroid dienone is 1. The first-order valence-corrected chi connectivity index (χ1v) is 5.58. The van der Waals surface area contributed by atoms with Crippen LogP contribution in [0.3, 0.4) is 0 Å². The van der Waals surface area contributed by atoms with Crippen molar-refractivity contribution in [2.45, 2.75) is 20.3 Å². The maximum atomic E-state index is 11.6. The van der Waals surface area contributed by atoms with Crippen LogP contribution in [-0.2, 0) is 16.0 Å². The second-order valence-electron chi connectivity index (χ2n) is 3.44. The lowest BCUT2D eigenvalue weighted by Crippen LogP contribution is -2.01. The van der Waals surface area contributed by atoms with Gasteiger partial charge in [-0.05, 0) is 31.0 Å². The summed E-state index contributed by atoms with van der Waals surface area (Å²) in [6.07, 6.45) is 3.18. The van der Waals surface area contributed by atoms with Gasteiger partial charge in [0.1, 0.15) is 0 Å². The van der Waals surface area contributed by atoms with Crippen LogP contribution < -0.4 is 0 Å². The van der Waals surface area contributed by atoms with Crippen LogP contribution in [0.4, 0.5) is 0 Å². The molecular formula is C13H15ClO2. The van der Waals surface area contributed by atoms with E-state index in [2.05, 4.69) is 0 Å². The molecule has 0 amide bonds. The van der Waals surface area contributed by atoms with Gasteiger partial charge < -0.3 is 4.74 Å². The number of carbonyl (C=O) groups excluding carboxylic acids is 1. The SMILES string of the molecule is CCO/C=C/C(=O)Cc1c(C)cccc1Cl. The molecule has 1 aromatic carbocycles. The number of ketones is 1. The second-order valence-corrected chi connectivity index (χ2v) is 3.84. The molecule has 0 fully saturated rings. The zero-order valence-corrected chi connectivity index (χ0v) is 10.3. The van der Waals surface area contributed by atoms with Crippen molar-refractivity contribution in [2.75, 3.05) is 6.61 Å². The largest absolute Gasteiger partial charge is 0.501 e. The molecule has 1 aromatic rings. The molecule has 0 radical (unpaired) electrons. The minimum absolute atomic E-state index is 0.00958. The first-order chi connectivity index (χ1) is 7.65. The number of hydrogen-bond donors (Lipinski definition) is 0. The van der Waals surface area contributed by atoms with Crippen LogP contribution in [-0.4, -0.2) is 12.4 Å². The average Bonchev–Trinajstić information content (AvgIpc) is 2.24. The van der Waals surface area contributed by atoms with Gasteiger partial charge in [0.2, 0.25) is 0 Å². The van der Waals surface area contributed by atoms with Gasteiger partial charge in [-0.1, -0.05) is 23.7 Å². The summed E-state index contributed by atoms with van der Waals surface area (Å²) in [6, 6.07) is 5.62. The van der Waals surface area contributed by atoms with Gasteiger partial charge in [0, 0.05) is 17.5 Å². The Bertz CT molecular complexity index is 377. The first kappa shape index (κ1) is 12.8. The molecule has 0 aliphatic heterocycles. The van der Waals surface area contributed by atoms with Crippen molar-refractivity contribution in [3.8, 4) is 0 Å². The van der Waals surface area contributed by atoms with Crippen LogP contribution in [0.2, 0.25) is 5.02 Å². The van der Waals surface area contributed by atoms with Gasteiger partial charge in [-0.3, -0.25) is 4.79 Å². The fraction of sp³-hybridized carbons (Fsp3) is 0.308. The molecule has 0 unspecified atom stereocenters. The highest BCUT2D eigenvalue weighted by molar-refractivity contribution is 6.31. The number of aryl methyl sites for hydroxylation is 1. The maximum Gasteiger partial charge on any atom is 0.163 e. The van der Waals surface area contributed by atoms with E-state index in [9.17, 15) is 4.79 Å². The number of ether oxygens (including phenoxy) is 1. The van der Waals surface area contributed by atoms with Crippen LogP contribution in [0.1, 0.15) is 18.1 Å². The highest BCUT2D eigenvalue weighted by atomic mass is 35.5. The van der Waals surface area contributed by atoms with E-state index in [4.69, 9.17) is 16.3 Å². The third-order valence-electron chi connectivity index (χ3n) is 2.22. The van der Waals surface area contributed by atoms with Gasteiger partial charge >= 0.3 is 0 Å². The van der Waals surface area contributed by atoms with Crippen molar-refractivity contribution in [3.05, 3.63) is 46.7 Å². The summed E-state index contributed by atoms with van der Waals surface area (Å²) in [7, 11) is 0. The van der Waals surface area contributed by atoms with Crippen molar-refractivity contribution in [1.29, 1.82) is 0 Å². The van der Waals surface area contributed by atoms with Crippen molar-refractivity contribution in [1.82, 2.24) is 0 Å². The maximum absolute atomic E-state index is 11.6. The van der Waals surface area contributed by atoms with E-state index in [0.29, 0.717) is 18.1 Å². The molecule has 2 nitrogen and oxygen atoms in total. The Morgan fingerprint density at radius 3 is 2.88 bits per heavy atom. The van der Waals surface area contributed by atoms with Crippen LogP contribution in [0.25, 0.3) is 0 Å². The number of carbonyl (C=O) groups is 1. The number of halogens is 1. The fourth-order valence-corrected chi connectivity index (χ4v) is 1.63. The summed E-state index contributed by atoms with van der Waals surface area (Å²) in [5.74, 6) is -0.00958. The highest BCUT2D eigenvalue weighted by Crippen LogP contribution is 2.20. The molecular weight excluding hydrogens is 224 g/mol. The monoisotopic (exact) mass is 238 g/mol. The van der Waals surface area contributed by atoms with Crippen LogP contribution in [0, 0.1) is 6.92 Å². The van der Waals surface area contributed by atoms with Crippen molar-refractivity contribution in [2.24, 2.45) is 0 Å². The predicted molar refractivity (Wildman–Crippen MR) is 65.7 cm³/mol. The Morgan fingerprint density at radius 2 is 2.25 bits per heavy atom. The van der Waals surface area contributed by atoms with E-state index < -0.39 is 0 Å². The topological polar surface area (TPSA) is 26.3 Å². The molecule has 0 atom stereocenters. The Balaban J connectivity index is 2.70. The van der Waals surface area contributed by atoms with Crippen LogP contribution in [0.15, 0.2) is 30.5 Å². The summed E-state index contributed by atoms with van der Waals surface area (Å²) >= 11 is 6.03. The van der Waals surface area contributed by atoms with E-state index in [-0.39, 0.29) is 5.78 Å². The van der Waals surface area contributed by atoms with E-state index in [1.165, 1.54) is 12.3 Å². The smallest absolute Gasteiger partial charge is 0.163 e. The molecule has 0 N–H and O–H groups in total. The molecule has 0 heterocycles. The summed E-state index contributed by atoms with van der Waals surface area (Å²) in [6.45, 7) is 4.38. The van der Waals surface area contributed by atoms with E-state index >= 15 is 0 Å². The molecule has 0 bridgehead atoms. The van der Waals surface area contributed by atoms with Gasteiger partial charge in [0.15, 0.2) is 5.78 Å². The lowest BCUT2D eigenvalue weighted by atomic mass is 10.0. The molecule has 16 heavy (non-hydrogen) atoms. The summed E-state index contributed by atoms with van der Waals surface area (Å²) < 4.78 is 4.97. The lowest BCUT2D eigenvalue weighted by molar-refractivity contribution is -0.114. The molecule has 0 saturated carbocycles. The fourth-order valence-electron chi connectivity index (χ4n) is 1.34. The molecule has 0 spiro atoms. The molecule has 86 valence electrons. The van der Waals surface area contributed by atoms with Crippen molar-refractivity contribution >= 4 is 17.4 Å². The van der Waals surface area contributed by atoms with Gasteiger partial charge in [0.05, 0.1) is 12.9 Å². The lowest BCUT2D eigenvalue weighted by Gasteiger charge is -2.05. The van der Waals surface area contributed by atoms with E-state index in [1.807, 2.05) is 26.0 Å². The molecule has 0 aliphatic rings. The Kier molecular flexibility index (Phi) is 5.06. The van der Waals surface area contributed by atoms with Crippen LogP contribution in [0.5, 0.6) is 0 Å². The van der Waals surface area contributed by atoms with Gasteiger partial charge in [-0.15, -0.1) is 0 Å². The highest BCUT2D eigenvalue weighted by Gasteiger charge is 2.07. The molecule has 0 aromatic heterocycles. The molecule has 3 heteroatoms. The predicted octanol–water partition coefficient (Wildman–Crippen LogP) is 3.31. The zero-order valence-electron chi connectivity index (χ0n) is 9.50. The second kappa shape index (κ2) is 6.33. The quantitative estimate of drug-likeness (QED) is 0.581. The third-order valence-corrected chi connectivity index (χ3v) is 2.58. The van der Waals surface area contributed by atoms with Gasteiger partial charge in [-0.25, -0.2) is 0 Å². The standard InChI is InChI=1S/C13H15ClO2/c1-3-16-8-7-11(15)9-12-10(2)5-4-6-13(12)14/h4-8H,3,9H2,1-2H3/b8-7+. The third kappa shape index (κ3) is 3.70. The number of rotatable bonds is 5. The Labute approximate surface area is 101 Å². The number of hydrogen-bond acceptors (Lipinski definition) is 2. The van der Waals surface area contributed by atoms with E-state index in [0.717, 1.165) is 11.1 Å². The minimum atomic E-state index is -0.00958. The average molecular weight is 239 g/mol. The molecule has 0 saturated heterocycles. The molecule has 1 rings (SSSR count). The first-order valence-electron chi connectivity index (χ1n) is 5.20. The number of benzene rings is 1. The Morgan fingerprint density at radius 1 is 1.50 bits per heavy atom. The van der Waals surface area contributed by atoms with Gasteiger partial charge in [-0.2, -0.15) is 0 Å². The van der Waals surface area contributed by atoms with Crippen LogP contribution >= 0.6 is 11.6 Å². The zero-order chi connectivity index (χ0) is 12.0. The summed E-state index contributed by atoms with van der Waals surface area (Å²) in [4.78, 5) is 11.6. The summed E-state index contributed by atoms with van der Waals surface area (Å²) in [5.41, 5.74) is 1.92. The summed E-state index contributed by atoms with van der Waals surface area (Å²) in [5, 5.41) is 0.637. The van der Waals surface area contributed by atoms with Crippen molar-refractivity contribution < 1.29 is 9.53 Å². The van der Waals surface area contributed by atoms with E-state index in [1.54, 1.807) is 6.07 Å². The normalized spacial score (nSPS) is 10.7. The Hall–Kier alpha value is -1.28. The minimum Gasteiger partial charge on any atom is -0.501 e. The van der Waals surface area contributed by atoms with Gasteiger partial charge in [0.25, 0.3) is 0 Å². The van der Waals surface area contributed by atoms with Crippen molar-refractivity contribution in [3.63, 3.8) is 0 Å².